The summed E-state index contributed by atoms with van der Waals surface area (Å²) in [5.74, 6) is -0.467. The molecule has 0 saturated carbocycles. The van der Waals surface area contributed by atoms with Crippen molar-refractivity contribution < 1.29 is 9.18 Å². The average Bonchev–Trinajstić information content (AvgIpc) is 2.40. The summed E-state index contributed by atoms with van der Waals surface area (Å²) < 4.78 is 13.0. The second-order valence-electron chi connectivity index (χ2n) is 5.15. The Hall–Kier alpha value is -1.13. The average molecular weight is 285 g/mol. The van der Waals surface area contributed by atoms with E-state index in [2.05, 4.69) is 10.6 Å². The van der Waals surface area contributed by atoms with Crippen LogP contribution in [0.1, 0.15) is 31.7 Å². The molecule has 0 aliphatic carbocycles. The number of hydrogen-bond acceptors (Lipinski definition) is 2. The third-order valence-corrected chi connectivity index (χ3v) is 3.85. The molecule has 1 saturated heterocycles. The zero-order chi connectivity index (χ0) is 13.9. The second kappa shape index (κ2) is 5.88. The van der Waals surface area contributed by atoms with Gasteiger partial charge in [0, 0.05) is 6.54 Å². The molecule has 0 spiro atoms. The fraction of sp³-hybridized carbons (Fsp3) is 0.500. The Morgan fingerprint density at radius 1 is 1.53 bits per heavy atom. The number of piperidine rings is 1. The topological polar surface area (TPSA) is 41.1 Å². The maximum atomic E-state index is 13.0. The van der Waals surface area contributed by atoms with Crippen LogP contribution in [0.2, 0.25) is 5.02 Å². The maximum absolute atomic E-state index is 13.0. The first kappa shape index (κ1) is 14.3. The summed E-state index contributed by atoms with van der Waals surface area (Å²) in [4.78, 5) is 12.2. The minimum absolute atomic E-state index is 0.0207. The number of benzene rings is 1. The van der Waals surface area contributed by atoms with E-state index in [9.17, 15) is 9.18 Å². The Kier molecular flexibility index (Phi) is 4.42. The van der Waals surface area contributed by atoms with E-state index in [1.165, 1.54) is 12.1 Å². The van der Waals surface area contributed by atoms with E-state index >= 15 is 0 Å². The van der Waals surface area contributed by atoms with Crippen molar-refractivity contribution in [2.75, 3.05) is 6.54 Å². The Morgan fingerprint density at radius 2 is 2.32 bits per heavy atom. The highest BCUT2D eigenvalue weighted by molar-refractivity contribution is 6.30. The fourth-order valence-electron chi connectivity index (χ4n) is 2.28. The van der Waals surface area contributed by atoms with E-state index in [-0.39, 0.29) is 10.9 Å². The molecule has 2 N–H and O–H groups in total. The molecule has 1 aliphatic heterocycles. The van der Waals surface area contributed by atoms with Crippen LogP contribution in [-0.4, -0.2) is 18.0 Å². The summed E-state index contributed by atoms with van der Waals surface area (Å²) in [6, 6.07) is 4.47. The molecule has 1 heterocycles. The van der Waals surface area contributed by atoms with Crippen molar-refractivity contribution in [2.24, 2.45) is 0 Å². The van der Waals surface area contributed by atoms with Crippen molar-refractivity contribution in [3.8, 4) is 0 Å². The third-order valence-electron chi connectivity index (χ3n) is 3.56. The van der Waals surface area contributed by atoms with Gasteiger partial charge in [-0.15, -0.1) is 0 Å². The van der Waals surface area contributed by atoms with Crippen LogP contribution in [0.25, 0.3) is 0 Å². The van der Waals surface area contributed by atoms with E-state index in [1.807, 2.05) is 6.92 Å². The Balaban J connectivity index is 1.94. The van der Waals surface area contributed by atoms with Crippen LogP contribution >= 0.6 is 11.6 Å². The lowest BCUT2D eigenvalue weighted by atomic mass is 9.90. The van der Waals surface area contributed by atoms with Gasteiger partial charge in [-0.1, -0.05) is 17.7 Å². The predicted octanol–water partition coefficient (Wildman–Crippen LogP) is 2.63. The molecule has 0 bridgehead atoms. The highest BCUT2D eigenvalue weighted by atomic mass is 35.5. The molecule has 1 amide bonds. The van der Waals surface area contributed by atoms with Gasteiger partial charge < -0.3 is 10.6 Å². The Labute approximate surface area is 117 Å². The largest absolute Gasteiger partial charge is 0.350 e. The second-order valence-corrected chi connectivity index (χ2v) is 5.55. The summed E-state index contributed by atoms with van der Waals surface area (Å²) >= 11 is 5.71. The molecule has 1 aromatic rings. The lowest BCUT2D eigenvalue weighted by Gasteiger charge is -2.33. The Morgan fingerprint density at radius 3 is 2.95 bits per heavy atom. The molecular formula is C14H18ClFN2O. The minimum Gasteiger partial charge on any atom is -0.350 e. The van der Waals surface area contributed by atoms with Crippen molar-refractivity contribution in [2.45, 2.75) is 38.3 Å². The van der Waals surface area contributed by atoms with Gasteiger partial charge in [0.2, 0.25) is 5.91 Å². The van der Waals surface area contributed by atoms with E-state index in [4.69, 9.17) is 11.6 Å². The van der Waals surface area contributed by atoms with Gasteiger partial charge >= 0.3 is 0 Å². The lowest BCUT2D eigenvalue weighted by molar-refractivity contribution is -0.128. The highest BCUT2D eigenvalue weighted by Gasteiger charge is 2.33. The first-order chi connectivity index (χ1) is 9.01. The summed E-state index contributed by atoms with van der Waals surface area (Å²) in [7, 11) is 0. The molecule has 1 aromatic carbocycles. The van der Waals surface area contributed by atoms with Gasteiger partial charge in [-0.3, -0.25) is 4.79 Å². The number of rotatable bonds is 3. The predicted molar refractivity (Wildman–Crippen MR) is 73.5 cm³/mol. The summed E-state index contributed by atoms with van der Waals surface area (Å²) in [5, 5.41) is 6.20. The quantitative estimate of drug-likeness (QED) is 0.896. The van der Waals surface area contributed by atoms with Crippen molar-refractivity contribution in [3.63, 3.8) is 0 Å². The van der Waals surface area contributed by atoms with Gasteiger partial charge in [-0.05, 0) is 50.4 Å². The van der Waals surface area contributed by atoms with Gasteiger partial charge in [0.1, 0.15) is 5.82 Å². The van der Waals surface area contributed by atoms with Crippen LogP contribution in [0.3, 0.4) is 0 Å². The first-order valence-corrected chi connectivity index (χ1v) is 6.86. The number of carbonyl (C=O) groups is 1. The number of hydrogen-bond donors (Lipinski definition) is 2. The highest BCUT2D eigenvalue weighted by Crippen LogP contribution is 2.19. The van der Waals surface area contributed by atoms with Gasteiger partial charge in [0.15, 0.2) is 0 Å². The molecule has 3 nitrogen and oxygen atoms in total. The zero-order valence-electron chi connectivity index (χ0n) is 10.9. The molecule has 1 unspecified atom stereocenters. The van der Waals surface area contributed by atoms with E-state index in [0.717, 1.165) is 31.4 Å². The SMILES string of the molecule is CC1(C(=O)NCc2ccc(F)c(Cl)c2)CCCCN1. The van der Waals surface area contributed by atoms with Crippen molar-refractivity contribution >= 4 is 17.5 Å². The molecule has 0 radical (unpaired) electrons. The van der Waals surface area contributed by atoms with E-state index < -0.39 is 11.4 Å². The van der Waals surface area contributed by atoms with Crippen LogP contribution < -0.4 is 10.6 Å². The lowest BCUT2D eigenvalue weighted by Crippen LogP contribution is -2.56. The molecule has 2 rings (SSSR count). The zero-order valence-corrected chi connectivity index (χ0v) is 11.7. The number of nitrogens with one attached hydrogen (secondary N) is 2. The van der Waals surface area contributed by atoms with E-state index in [1.54, 1.807) is 6.07 Å². The Bertz CT molecular complexity index is 473. The minimum atomic E-state index is -0.498. The summed E-state index contributed by atoms with van der Waals surface area (Å²) in [6.07, 6.45) is 3.00. The monoisotopic (exact) mass is 284 g/mol. The number of halogens is 2. The summed E-state index contributed by atoms with van der Waals surface area (Å²) in [6.45, 7) is 3.14. The van der Waals surface area contributed by atoms with Gasteiger partial charge in [-0.2, -0.15) is 0 Å². The van der Waals surface area contributed by atoms with Gasteiger partial charge in [-0.25, -0.2) is 4.39 Å². The smallest absolute Gasteiger partial charge is 0.240 e. The molecule has 19 heavy (non-hydrogen) atoms. The molecule has 1 atom stereocenters. The number of carbonyl (C=O) groups excluding carboxylic acids is 1. The number of amides is 1. The van der Waals surface area contributed by atoms with Crippen LogP contribution in [0.15, 0.2) is 18.2 Å². The molecule has 0 aromatic heterocycles. The van der Waals surface area contributed by atoms with Crippen molar-refractivity contribution in [3.05, 3.63) is 34.6 Å². The standard InChI is InChI=1S/C14H18ClFN2O/c1-14(6-2-3-7-18-14)13(19)17-9-10-4-5-12(16)11(15)8-10/h4-5,8,18H,2-3,6-7,9H2,1H3,(H,17,19). The summed E-state index contributed by atoms with van der Waals surface area (Å²) in [5.41, 5.74) is 0.293. The molecule has 1 aliphatic rings. The van der Waals surface area contributed by atoms with Crippen LogP contribution in [0, 0.1) is 5.82 Å². The first-order valence-electron chi connectivity index (χ1n) is 6.48. The molecule has 1 fully saturated rings. The van der Waals surface area contributed by atoms with Crippen LogP contribution in [0.5, 0.6) is 0 Å². The van der Waals surface area contributed by atoms with Gasteiger partial charge in [0.05, 0.1) is 10.6 Å². The molecule has 5 heteroatoms. The van der Waals surface area contributed by atoms with Crippen molar-refractivity contribution in [1.29, 1.82) is 0 Å². The maximum Gasteiger partial charge on any atom is 0.240 e. The van der Waals surface area contributed by atoms with Crippen LogP contribution in [-0.2, 0) is 11.3 Å². The van der Waals surface area contributed by atoms with Crippen LogP contribution in [0.4, 0.5) is 4.39 Å². The third kappa shape index (κ3) is 3.45. The van der Waals surface area contributed by atoms with Gasteiger partial charge in [0.25, 0.3) is 0 Å². The molecular weight excluding hydrogens is 267 g/mol. The molecule has 104 valence electrons. The van der Waals surface area contributed by atoms with E-state index in [0.29, 0.717) is 6.54 Å². The normalized spacial score (nSPS) is 23.1. The fourth-order valence-corrected chi connectivity index (χ4v) is 2.48. The van der Waals surface area contributed by atoms with Crippen molar-refractivity contribution in [1.82, 2.24) is 10.6 Å².